The third-order valence-electron chi connectivity index (χ3n) is 3.03. The molecule has 0 bridgehead atoms. The Bertz CT molecular complexity index is 536. The topological polar surface area (TPSA) is 26.0 Å². The molecule has 2 aromatic rings. The Balaban J connectivity index is 2.21. The molecule has 0 aliphatic rings. The highest BCUT2D eigenvalue weighted by molar-refractivity contribution is 9.10. The van der Waals surface area contributed by atoms with Crippen LogP contribution >= 0.6 is 27.5 Å². The van der Waals surface area contributed by atoms with Gasteiger partial charge in [-0.25, -0.2) is 4.39 Å². The zero-order valence-corrected chi connectivity index (χ0v) is 12.6. The maximum Gasteiger partial charge on any atom is 0.124 e. The molecule has 2 N–H and O–H groups in total. The van der Waals surface area contributed by atoms with Crippen molar-refractivity contribution in [1.82, 2.24) is 0 Å². The van der Waals surface area contributed by atoms with Crippen LogP contribution in [-0.2, 0) is 6.42 Å². The van der Waals surface area contributed by atoms with E-state index in [2.05, 4.69) is 15.9 Å². The zero-order valence-electron chi connectivity index (χ0n) is 10.2. The SMILES string of the molecule is NCC(Cc1cc(F)cc(Br)c1)c1ccc(Cl)cc1. The van der Waals surface area contributed by atoms with Crippen LogP contribution in [0.3, 0.4) is 0 Å². The van der Waals surface area contributed by atoms with Gasteiger partial charge in [0.2, 0.25) is 0 Å². The Labute approximate surface area is 125 Å². The summed E-state index contributed by atoms with van der Waals surface area (Å²) in [6.07, 6.45) is 0.703. The van der Waals surface area contributed by atoms with Gasteiger partial charge in [-0.1, -0.05) is 39.7 Å². The molecule has 0 saturated heterocycles. The van der Waals surface area contributed by atoms with Crippen LogP contribution in [0, 0.1) is 5.82 Å². The van der Waals surface area contributed by atoms with Gasteiger partial charge in [0.1, 0.15) is 5.82 Å². The van der Waals surface area contributed by atoms with Gasteiger partial charge in [-0.3, -0.25) is 0 Å². The summed E-state index contributed by atoms with van der Waals surface area (Å²) in [4.78, 5) is 0. The van der Waals surface area contributed by atoms with Crippen LogP contribution in [0.15, 0.2) is 46.9 Å². The third kappa shape index (κ3) is 4.03. The maximum atomic E-state index is 13.4. The molecule has 2 rings (SSSR count). The fourth-order valence-corrected chi connectivity index (χ4v) is 2.72. The van der Waals surface area contributed by atoms with Crippen molar-refractivity contribution in [3.05, 3.63) is 68.9 Å². The lowest BCUT2D eigenvalue weighted by molar-refractivity contribution is 0.620. The summed E-state index contributed by atoms with van der Waals surface area (Å²) in [5.41, 5.74) is 7.87. The predicted octanol–water partition coefficient (Wildman–Crippen LogP) is 4.53. The van der Waals surface area contributed by atoms with Crippen LogP contribution in [0.2, 0.25) is 5.02 Å². The van der Waals surface area contributed by atoms with Crippen molar-refractivity contribution in [3.8, 4) is 0 Å². The van der Waals surface area contributed by atoms with Gasteiger partial charge in [0, 0.05) is 15.4 Å². The molecule has 0 saturated carbocycles. The average molecular weight is 343 g/mol. The van der Waals surface area contributed by atoms with Gasteiger partial charge in [-0.15, -0.1) is 0 Å². The number of nitrogens with two attached hydrogens (primary N) is 1. The molecule has 1 nitrogen and oxygen atoms in total. The number of benzene rings is 2. The van der Waals surface area contributed by atoms with E-state index in [1.165, 1.54) is 6.07 Å². The Morgan fingerprint density at radius 3 is 2.42 bits per heavy atom. The lowest BCUT2D eigenvalue weighted by Crippen LogP contribution is -2.15. The van der Waals surface area contributed by atoms with Crippen LogP contribution in [0.1, 0.15) is 17.0 Å². The Morgan fingerprint density at radius 1 is 1.16 bits per heavy atom. The van der Waals surface area contributed by atoms with E-state index in [1.807, 2.05) is 30.3 Å². The van der Waals surface area contributed by atoms with E-state index in [4.69, 9.17) is 17.3 Å². The molecule has 2 aromatic carbocycles. The van der Waals surface area contributed by atoms with E-state index in [0.717, 1.165) is 15.6 Å². The van der Waals surface area contributed by atoms with Gasteiger partial charge in [-0.2, -0.15) is 0 Å². The van der Waals surface area contributed by atoms with Gasteiger partial charge in [0.15, 0.2) is 0 Å². The first-order valence-corrected chi connectivity index (χ1v) is 7.16. The quantitative estimate of drug-likeness (QED) is 0.868. The fraction of sp³-hybridized carbons (Fsp3) is 0.200. The van der Waals surface area contributed by atoms with Crippen LogP contribution in [0.5, 0.6) is 0 Å². The summed E-state index contributed by atoms with van der Waals surface area (Å²) >= 11 is 9.18. The van der Waals surface area contributed by atoms with Crippen molar-refractivity contribution < 1.29 is 4.39 Å². The highest BCUT2D eigenvalue weighted by Crippen LogP contribution is 2.24. The van der Waals surface area contributed by atoms with Gasteiger partial charge >= 0.3 is 0 Å². The number of hydrogen-bond donors (Lipinski definition) is 1. The highest BCUT2D eigenvalue weighted by Gasteiger charge is 2.11. The zero-order chi connectivity index (χ0) is 13.8. The second-order valence-corrected chi connectivity index (χ2v) is 5.82. The molecule has 19 heavy (non-hydrogen) atoms. The van der Waals surface area contributed by atoms with Crippen LogP contribution in [0.25, 0.3) is 0 Å². The number of halogens is 3. The van der Waals surface area contributed by atoms with E-state index in [0.29, 0.717) is 18.0 Å². The maximum absolute atomic E-state index is 13.4. The largest absolute Gasteiger partial charge is 0.330 e. The second kappa shape index (κ2) is 6.51. The van der Waals surface area contributed by atoms with Gasteiger partial charge in [-0.05, 0) is 54.4 Å². The Kier molecular flexibility index (Phi) is 4.97. The van der Waals surface area contributed by atoms with Crippen molar-refractivity contribution in [3.63, 3.8) is 0 Å². The molecule has 0 amide bonds. The van der Waals surface area contributed by atoms with Gasteiger partial charge in [0.25, 0.3) is 0 Å². The predicted molar refractivity (Wildman–Crippen MR) is 81.1 cm³/mol. The smallest absolute Gasteiger partial charge is 0.124 e. The first-order valence-electron chi connectivity index (χ1n) is 5.99. The second-order valence-electron chi connectivity index (χ2n) is 4.47. The molecular formula is C15H14BrClFN. The molecule has 100 valence electrons. The van der Waals surface area contributed by atoms with Crippen molar-refractivity contribution >= 4 is 27.5 Å². The summed E-state index contributed by atoms with van der Waals surface area (Å²) in [6, 6.07) is 12.5. The number of rotatable bonds is 4. The standard InChI is InChI=1S/C15H14BrClFN/c16-13-6-10(7-15(18)8-13)5-12(9-19)11-1-3-14(17)4-2-11/h1-4,6-8,12H,5,9,19H2. The first-order chi connectivity index (χ1) is 9.08. The molecule has 1 atom stereocenters. The minimum Gasteiger partial charge on any atom is -0.330 e. The van der Waals surface area contributed by atoms with E-state index in [1.54, 1.807) is 6.07 Å². The lowest BCUT2D eigenvalue weighted by Gasteiger charge is -2.15. The van der Waals surface area contributed by atoms with Crippen LogP contribution in [-0.4, -0.2) is 6.54 Å². The van der Waals surface area contributed by atoms with Gasteiger partial charge in [0.05, 0.1) is 0 Å². The molecule has 0 heterocycles. The Hall–Kier alpha value is -0.900. The highest BCUT2D eigenvalue weighted by atomic mass is 79.9. The summed E-state index contributed by atoms with van der Waals surface area (Å²) in [5.74, 6) is -0.0813. The van der Waals surface area contributed by atoms with E-state index < -0.39 is 0 Å². The molecule has 0 radical (unpaired) electrons. The Morgan fingerprint density at radius 2 is 1.84 bits per heavy atom. The monoisotopic (exact) mass is 341 g/mol. The molecule has 0 spiro atoms. The van der Waals surface area contributed by atoms with Gasteiger partial charge < -0.3 is 5.73 Å². The molecular weight excluding hydrogens is 329 g/mol. The van der Waals surface area contributed by atoms with E-state index in [9.17, 15) is 4.39 Å². The van der Waals surface area contributed by atoms with Crippen LogP contribution < -0.4 is 5.73 Å². The third-order valence-corrected chi connectivity index (χ3v) is 3.74. The van der Waals surface area contributed by atoms with Crippen molar-refractivity contribution in [2.75, 3.05) is 6.54 Å². The van der Waals surface area contributed by atoms with E-state index >= 15 is 0 Å². The van der Waals surface area contributed by atoms with E-state index in [-0.39, 0.29) is 11.7 Å². The minimum atomic E-state index is -0.240. The molecule has 1 unspecified atom stereocenters. The summed E-state index contributed by atoms with van der Waals surface area (Å²) < 4.78 is 14.1. The summed E-state index contributed by atoms with van der Waals surface area (Å²) in [6.45, 7) is 0.510. The molecule has 0 fully saturated rings. The van der Waals surface area contributed by atoms with Crippen molar-refractivity contribution in [2.45, 2.75) is 12.3 Å². The number of hydrogen-bond acceptors (Lipinski definition) is 1. The normalized spacial score (nSPS) is 12.4. The molecule has 0 aromatic heterocycles. The fourth-order valence-electron chi connectivity index (χ4n) is 2.09. The molecule has 4 heteroatoms. The summed E-state index contributed by atoms with van der Waals surface area (Å²) in [7, 11) is 0. The minimum absolute atomic E-state index is 0.158. The van der Waals surface area contributed by atoms with Crippen molar-refractivity contribution in [2.24, 2.45) is 5.73 Å². The summed E-state index contributed by atoms with van der Waals surface area (Å²) in [5, 5.41) is 0.702. The molecule has 0 aliphatic heterocycles. The lowest BCUT2D eigenvalue weighted by atomic mass is 9.92. The van der Waals surface area contributed by atoms with Crippen molar-refractivity contribution in [1.29, 1.82) is 0 Å². The first kappa shape index (κ1) is 14.5. The molecule has 0 aliphatic carbocycles. The average Bonchev–Trinajstić information content (AvgIpc) is 2.36. The van der Waals surface area contributed by atoms with Crippen LogP contribution in [0.4, 0.5) is 4.39 Å².